The van der Waals surface area contributed by atoms with Gasteiger partial charge in [-0.15, -0.1) is 0 Å². The second kappa shape index (κ2) is 5.48. The molecule has 2 aliphatic rings. The lowest BCUT2D eigenvalue weighted by Gasteiger charge is -2.39. The zero-order valence-electron chi connectivity index (χ0n) is 10.5. The van der Waals surface area contributed by atoms with Gasteiger partial charge in [-0.25, -0.2) is 0 Å². The van der Waals surface area contributed by atoms with Crippen LogP contribution in [0.5, 0.6) is 0 Å². The van der Waals surface area contributed by atoms with Crippen molar-refractivity contribution in [1.29, 1.82) is 0 Å². The summed E-state index contributed by atoms with van der Waals surface area (Å²) in [7, 11) is 0. The highest BCUT2D eigenvalue weighted by Gasteiger charge is 2.33. The van der Waals surface area contributed by atoms with Crippen molar-refractivity contribution in [1.82, 2.24) is 0 Å². The molecule has 3 heteroatoms. The molecule has 1 heterocycles. The van der Waals surface area contributed by atoms with Crippen LogP contribution in [0.1, 0.15) is 33.1 Å². The molecule has 2 rings (SSSR count). The van der Waals surface area contributed by atoms with E-state index in [0.29, 0.717) is 19.1 Å². The lowest BCUT2D eigenvalue weighted by molar-refractivity contribution is -0.106. The van der Waals surface area contributed by atoms with Crippen LogP contribution in [0.3, 0.4) is 0 Å². The van der Waals surface area contributed by atoms with Crippen molar-refractivity contribution in [3.8, 4) is 0 Å². The SMILES string of the molecule is CC1CCC(C(N)C2COCCO2)CC1C. The molecular weight excluding hydrogens is 202 g/mol. The quantitative estimate of drug-likeness (QED) is 0.782. The Morgan fingerprint density at radius 2 is 1.94 bits per heavy atom. The van der Waals surface area contributed by atoms with E-state index >= 15 is 0 Å². The predicted molar refractivity (Wildman–Crippen MR) is 64.2 cm³/mol. The van der Waals surface area contributed by atoms with Crippen LogP contribution < -0.4 is 5.73 Å². The average Bonchev–Trinajstić information content (AvgIpc) is 2.33. The predicted octanol–water partition coefficient (Wildman–Crippen LogP) is 1.80. The van der Waals surface area contributed by atoms with Crippen molar-refractivity contribution < 1.29 is 9.47 Å². The highest BCUT2D eigenvalue weighted by molar-refractivity contribution is 4.87. The molecule has 5 atom stereocenters. The molecule has 0 spiro atoms. The van der Waals surface area contributed by atoms with Gasteiger partial charge >= 0.3 is 0 Å². The van der Waals surface area contributed by atoms with E-state index < -0.39 is 0 Å². The number of rotatable bonds is 2. The zero-order chi connectivity index (χ0) is 11.5. The van der Waals surface area contributed by atoms with Crippen molar-refractivity contribution in [2.45, 2.75) is 45.3 Å². The smallest absolute Gasteiger partial charge is 0.0962 e. The van der Waals surface area contributed by atoms with Gasteiger partial charge in [-0.1, -0.05) is 20.3 Å². The Morgan fingerprint density at radius 1 is 1.12 bits per heavy atom. The largest absolute Gasteiger partial charge is 0.376 e. The standard InChI is InChI=1S/C13H25NO2/c1-9-3-4-11(7-10(9)2)13(14)12-8-15-5-6-16-12/h9-13H,3-8,14H2,1-2H3. The van der Waals surface area contributed by atoms with Crippen molar-refractivity contribution in [3.05, 3.63) is 0 Å². The van der Waals surface area contributed by atoms with Gasteiger partial charge in [0.25, 0.3) is 0 Å². The van der Waals surface area contributed by atoms with Crippen LogP contribution in [0.15, 0.2) is 0 Å². The van der Waals surface area contributed by atoms with Gasteiger partial charge in [-0.3, -0.25) is 0 Å². The summed E-state index contributed by atoms with van der Waals surface area (Å²) in [4.78, 5) is 0. The van der Waals surface area contributed by atoms with Crippen LogP contribution in [0.4, 0.5) is 0 Å². The normalized spacial score (nSPS) is 42.9. The van der Waals surface area contributed by atoms with Crippen LogP contribution in [0.2, 0.25) is 0 Å². The van der Waals surface area contributed by atoms with Crippen LogP contribution in [0.25, 0.3) is 0 Å². The van der Waals surface area contributed by atoms with E-state index in [1.165, 1.54) is 19.3 Å². The molecule has 3 nitrogen and oxygen atoms in total. The Labute approximate surface area is 98.7 Å². The van der Waals surface area contributed by atoms with Crippen molar-refractivity contribution in [3.63, 3.8) is 0 Å². The molecule has 1 saturated heterocycles. The number of ether oxygens (including phenoxy) is 2. The zero-order valence-corrected chi connectivity index (χ0v) is 10.5. The monoisotopic (exact) mass is 227 g/mol. The van der Waals surface area contributed by atoms with Crippen molar-refractivity contribution in [2.24, 2.45) is 23.5 Å². The van der Waals surface area contributed by atoms with Gasteiger partial charge in [0, 0.05) is 6.04 Å². The van der Waals surface area contributed by atoms with Gasteiger partial charge in [0.05, 0.1) is 25.9 Å². The third-order valence-electron chi connectivity index (χ3n) is 4.45. The summed E-state index contributed by atoms with van der Waals surface area (Å²) >= 11 is 0. The fourth-order valence-electron chi connectivity index (χ4n) is 2.97. The minimum absolute atomic E-state index is 0.124. The van der Waals surface area contributed by atoms with E-state index in [0.717, 1.165) is 18.4 Å². The molecule has 0 aromatic heterocycles. The van der Waals surface area contributed by atoms with Gasteiger partial charge in [-0.2, -0.15) is 0 Å². The molecule has 16 heavy (non-hydrogen) atoms. The van der Waals surface area contributed by atoms with E-state index in [1.807, 2.05) is 0 Å². The molecule has 0 bridgehead atoms. The third-order valence-corrected chi connectivity index (χ3v) is 4.45. The summed E-state index contributed by atoms with van der Waals surface area (Å²) in [6, 6.07) is 0.162. The second-order valence-electron chi connectivity index (χ2n) is 5.59. The second-order valence-corrected chi connectivity index (χ2v) is 5.59. The van der Waals surface area contributed by atoms with Crippen molar-refractivity contribution >= 4 is 0 Å². The van der Waals surface area contributed by atoms with Gasteiger partial charge in [0.1, 0.15) is 0 Å². The first kappa shape index (κ1) is 12.3. The summed E-state index contributed by atoms with van der Waals surface area (Å²) in [5.74, 6) is 2.28. The molecule has 94 valence electrons. The lowest BCUT2D eigenvalue weighted by atomic mass is 9.72. The first-order valence-corrected chi connectivity index (χ1v) is 6.63. The number of nitrogens with two attached hydrogens (primary N) is 1. The number of hydrogen-bond acceptors (Lipinski definition) is 3. The molecule has 2 fully saturated rings. The topological polar surface area (TPSA) is 44.5 Å². The molecule has 0 amide bonds. The molecule has 5 unspecified atom stereocenters. The lowest BCUT2D eigenvalue weighted by Crippen LogP contribution is -2.49. The highest BCUT2D eigenvalue weighted by Crippen LogP contribution is 2.35. The van der Waals surface area contributed by atoms with Crippen LogP contribution in [-0.4, -0.2) is 32.0 Å². The maximum absolute atomic E-state index is 6.33. The maximum atomic E-state index is 6.33. The first-order valence-electron chi connectivity index (χ1n) is 6.63. The average molecular weight is 227 g/mol. The first-order chi connectivity index (χ1) is 7.68. The summed E-state index contributed by atoms with van der Waals surface area (Å²) in [5, 5.41) is 0. The van der Waals surface area contributed by atoms with Gasteiger partial charge in [-0.05, 0) is 30.6 Å². The van der Waals surface area contributed by atoms with Gasteiger partial charge in [0.15, 0.2) is 0 Å². The number of hydrogen-bond donors (Lipinski definition) is 1. The summed E-state index contributed by atoms with van der Waals surface area (Å²) in [5.41, 5.74) is 6.33. The maximum Gasteiger partial charge on any atom is 0.0962 e. The molecule has 0 aromatic rings. The molecule has 1 saturated carbocycles. The summed E-state index contributed by atoms with van der Waals surface area (Å²) in [6.45, 7) is 6.81. The van der Waals surface area contributed by atoms with Crippen LogP contribution in [-0.2, 0) is 9.47 Å². The van der Waals surface area contributed by atoms with Crippen LogP contribution in [0, 0.1) is 17.8 Å². The Kier molecular flexibility index (Phi) is 4.22. The fourth-order valence-corrected chi connectivity index (χ4v) is 2.97. The Balaban J connectivity index is 1.86. The van der Waals surface area contributed by atoms with Crippen molar-refractivity contribution in [2.75, 3.05) is 19.8 Å². The molecule has 0 radical (unpaired) electrons. The molecular formula is C13H25NO2. The summed E-state index contributed by atoms with van der Waals surface area (Å²) in [6.07, 6.45) is 3.95. The summed E-state index contributed by atoms with van der Waals surface area (Å²) < 4.78 is 11.1. The molecule has 2 N–H and O–H groups in total. The van der Waals surface area contributed by atoms with E-state index in [-0.39, 0.29) is 12.1 Å². The fraction of sp³-hybridized carbons (Fsp3) is 1.00. The van der Waals surface area contributed by atoms with Gasteiger partial charge in [0.2, 0.25) is 0 Å². The van der Waals surface area contributed by atoms with Gasteiger partial charge < -0.3 is 15.2 Å². The Bertz CT molecular complexity index is 216. The minimum atomic E-state index is 0.124. The highest BCUT2D eigenvalue weighted by atomic mass is 16.6. The Hall–Kier alpha value is -0.120. The van der Waals surface area contributed by atoms with Crippen LogP contribution >= 0.6 is 0 Å². The molecule has 1 aliphatic carbocycles. The molecule has 0 aromatic carbocycles. The third kappa shape index (κ3) is 2.76. The Morgan fingerprint density at radius 3 is 2.56 bits per heavy atom. The minimum Gasteiger partial charge on any atom is -0.376 e. The van der Waals surface area contributed by atoms with E-state index in [2.05, 4.69) is 13.8 Å². The van der Waals surface area contributed by atoms with E-state index in [1.54, 1.807) is 0 Å². The van der Waals surface area contributed by atoms with E-state index in [9.17, 15) is 0 Å². The van der Waals surface area contributed by atoms with E-state index in [4.69, 9.17) is 15.2 Å². The molecule has 1 aliphatic heterocycles.